The zero-order valence-corrected chi connectivity index (χ0v) is 8.64. The molecule has 2 rings (SSSR count). The van der Waals surface area contributed by atoms with E-state index in [1.165, 1.54) is 0 Å². The van der Waals surface area contributed by atoms with Crippen LogP contribution in [0.1, 0.15) is 5.56 Å². The lowest BCUT2D eigenvalue weighted by molar-refractivity contribution is 0.900. The quantitative estimate of drug-likeness (QED) is 0.743. The molecule has 78 valence electrons. The van der Waals surface area contributed by atoms with Gasteiger partial charge in [0.1, 0.15) is 0 Å². The average molecular weight is 202 g/mol. The number of benzene rings is 1. The van der Waals surface area contributed by atoms with E-state index in [1.54, 1.807) is 6.20 Å². The summed E-state index contributed by atoms with van der Waals surface area (Å²) >= 11 is 0. The van der Waals surface area contributed by atoms with E-state index in [-0.39, 0.29) is 0 Å². The maximum Gasteiger partial charge on any atom is 0.202 e. The predicted molar refractivity (Wildman–Crippen MR) is 61.4 cm³/mol. The van der Waals surface area contributed by atoms with E-state index in [2.05, 4.69) is 10.3 Å². The van der Waals surface area contributed by atoms with E-state index < -0.39 is 0 Å². The van der Waals surface area contributed by atoms with Gasteiger partial charge in [-0.25, -0.2) is 4.98 Å². The van der Waals surface area contributed by atoms with E-state index in [0.717, 1.165) is 23.7 Å². The molecule has 1 heterocycles. The molecule has 0 atom stereocenters. The molecule has 0 saturated heterocycles. The number of nitrogens with two attached hydrogens (primary N) is 1. The summed E-state index contributed by atoms with van der Waals surface area (Å²) < 4.78 is 1.94. The van der Waals surface area contributed by atoms with E-state index >= 15 is 0 Å². The summed E-state index contributed by atoms with van der Waals surface area (Å²) in [6, 6.07) is 7.82. The summed E-state index contributed by atoms with van der Waals surface area (Å²) in [5, 5.41) is 3.23. The van der Waals surface area contributed by atoms with Crippen LogP contribution in [0.15, 0.2) is 36.7 Å². The Bertz CT molecular complexity index is 447. The van der Waals surface area contributed by atoms with Crippen LogP contribution in [0, 0.1) is 0 Å². The van der Waals surface area contributed by atoms with Crippen molar-refractivity contribution in [2.24, 2.45) is 7.05 Å². The molecule has 0 fully saturated rings. The van der Waals surface area contributed by atoms with Gasteiger partial charge in [-0.2, -0.15) is 0 Å². The van der Waals surface area contributed by atoms with Gasteiger partial charge in [-0.05, 0) is 17.7 Å². The average Bonchev–Trinajstić information content (AvgIpc) is 2.61. The van der Waals surface area contributed by atoms with Gasteiger partial charge in [0, 0.05) is 31.7 Å². The van der Waals surface area contributed by atoms with Gasteiger partial charge in [-0.1, -0.05) is 12.1 Å². The predicted octanol–water partition coefficient (Wildman–Crippen LogP) is 1.61. The maximum atomic E-state index is 5.69. The van der Waals surface area contributed by atoms with Crippen molar-refractivity contribution in [2.75, 3.05) is 11.1 Å². The van der Waals surface area contributed by atoms with E-state index in [1.807, 2.05) is 42.1 Å². The third kappa shape index (κ3) is 2.28. The first-order chi connectivity index (χ1) is 7.25. The molecular weight excluding hydrogens is 188 g/mol. The number of nitrogen functional groups attached to an aromatic ring is 1. The van der Waals surface area contributed by atoms with Crippen molar-refractivity contribution < 1.29 is 0 Å². The van der Waals surface area contributed by atoms with Crippen molar-refractivity contribution >= 4 is 11.6 Å². The lowest BCUT2D eigenvalue weighted by Gasteiger charge is -2.06. The van der Waals surface area contributed by atoms with Crippen molar-refractivity contribution in [1.29, 1.82) is 0 Å². The maximum absolute atomic E-state index is 5.69. The Morgan fingerprint density at radius 2 is 2.33 bits per heavy atom. The highest BCUT2D eigenvalue weighted by Gasteiger charge is 1.98. The standard InChI is InChI=1S/C11H14N4/c1-15-6-5-13-11(15)14-8-9-3-2-4-10(12)7-9/h2-7H,8,12H2,1H3,(H,13,14). The van der Waals surface area contributed by atoms with Crippen molar-refractivity contribution in [2.45, 2.75) is 6.54 Å². The van der Waals surface area contributed by atoms with Crippen LogP contribution in [0.3, 0.4) is 0 Å². The first-order valence-electron chi connectivity index (χ1n) is 4.81. The molecule has 0 spiro atoms. The molecule has 3 N–H and O–H groups in total. The second kappa shape index (κ2) is 4.04. The molecule has 4 heteroatoms. The molecule has 4 nitrogen and oxygen atoms in total. The van der Waals surface area contributed by atoms with Crippen LogP contribution in [0.25, 0.3) is 0 Å². The van der Waals surface area contributed by atoms with E-state index in [9.17, 15) is 0 Å². The number of nitrogens with one attached hydrogen (secondary N) is 1. The normalized spacial score (nSPS) is 10.2. The third-order valence-corrected chi connectivity index (χ3v) is 2.22. The van der Waals surface area contributed by atoms with Crippen molar-refractivity contribution in [1.82, 2.24) is 9.55 Å². The lowest BCUT2D eigenvalue weighted by Crippen LogP contribution is -2.04. The number of hydrogen-bond acceptors (Lipinski definition) is 3. The summed E-state index contributed by atoms with van der Waals surface area (Å²) in [5.41, 5.74) is 7.63. The number of nitrogens with zero attached hydrogens (tertiary/aromatic N) is 2. The number of imidazole rings is 1. The Morgan fingerprint density at radius 3 is 3.00 bits per heavy atom. The van der Waals surface area contributed by atoms with Crippen LogP contribution >= 0.6 is 0 Å². The second-order valence-corrected chi connectivity index (χ2v) is 3.46. The molecule has 15 heavy (non-hydrogen) atoms. The fourth-order valence-electron chi connectivity index (χ4n) is 1.42. The highest BCUT2D eigenvalue weighted by Crippen LogP contribution is 2.09. The first kappa shape index (κ1) is 9.58. The van der Waals surface area contributed by atoms with Gasteiger partial charge in [-0.3, -0.25) is 0 Å². The Kier molecular flexibility index (Phi) is 2.58. The molecule has 0 aliphatic rings. The zero-order chi connectivity index (χ0) is 10.7. The van der Waals surface area contributed by atoms with E-state index in [0.29, 0.717) is 0 Å². The molecule has 0 radical (unpaired) electrons. The fourth-order valence-corrected chi connectivity index (χ4v) is 1.42. The number of hydrogen-bond donors (Lipinski definition) is 2. The molecule has 0 unspecified atom stereocenters. The molecule has 0 amide bonds. The third-order valence-electron chi connectivity index (χ3n) is 2.22. The number of rotatable bonds is 3. The van der Waals surface area contributed by atoms with Gasteiger partial charge in [0.05, 0.1) is 0 Å². The van der Waals surface area contributed by atoms with Gasteiger partial charge in [-0.15, -0.1) is 0 Å². The van der Waals surface area contributed by atoms with Crippen molar-refractivity contribution in [3.63, 3.8) is 0 Å². The number of anilines is 2. The number of aryl methyl sites for hydroxylation is 1. The molecule has 2 aromatic rings. The summed E-state index contributed by atoms with van der Waals surface area (Å²) in [5.74, 6) is 0.859. The Morgan fingerprint density at radius 1 is 1.47 bits per heavy atom. The minimum absolute atomic E-state index is 0.732. The summed E-state index contributed by atoms with van der Waals surface area (Å²) in [6.07, 6.45) is 3.67. The Balaban J connectivity index is 2.02. The largest absolute Gasteiger partial charge is 0.399 e. The number of aromatic nitrogens is 2. The van der Waals surface area contributed by atoms with Crippen LogP contribution < -0.4 is 11.1 Å². The van der Waals surface area contributed by atoms with Gasteiger partial charge >= 0.3 is 0 Å². The molecule has 1 aromatic carbocycles. The van der Waals surface area contributed by atoms with Gasteiger partial charge < -0.3 is 15.6 Å². The molecule has 1 aromatic heterocycles. The highest BCUT2D eigenvalue weighted by atomic mass is 15.2. The monoisotopic (exact) mass is 202 g/mol. The van der Waals surface area contributed by atoms with E-state index in [4.69, 9.17) is 5.73 Å². The van der Waals surface area contributed by atoms with Crippen LogP contribution in [-0.2, 0) is 13.6 Å². The van der Waals surface area contributed by atoms with Crippen LogP contribution in [-0.4, -0.2) is 9.55 Å². The van der Waals surface area contributed by atoms with Crippen LogP contribution in [0.2, 0.25) is 0 Å². The molecule has 0 saturated carbocycles. The summed E-state index contributed by atoms with van der Waals surface area (Å²) in [4.78, 5) is 4.17. The smallest absolute Gasteiger partial charge is 0.202 e. The van der Waals surface area contributed by atoms with Crippen LogP contribution in [0.4, 0.5) is 11.6 Å². The molecule has 0 aliphatic carbocycles. The first-order valence-corrected chi connectivity index (χ1v) is 4.81. The van der Waals surface area contributed by atoms with Gasteiger partial charge in [0.25, 0.3) is 0 Å². The van der Waals surface area contributed by atoms with Crippen LogP contribution in [0.5, 0.6) is 0 Å². The minimum Gasteiger partial charge on any atom is -0.399 e. The lowest BCUT2D eigenvalue weighted by atomic mass is 10.2. The SMILES string of the molecule is Cn1ccnc1NCc1cccc(N)c1. The topological polar surface area (TPSA) is 55.9 Å². The highest BCUT2D eigenvalue weighted by molar-refractivity contribution is 5.41. The van der Waals surface area contributed by atoms with Crippen molar-refractivity contribution in [3.05, 3.63) is 42.2 Å². The molecule has 0 aliphatic heterocycles. The van der Waals surface area contributed by atoms with Gasteiger partial charge in [0.15, 0.2) is 0 Å². The van der Waals surface area contributed by atoms with Gasteiger partial charge in [0.2, 0.25) is 5.95 Å². The minimum atomic E-state index is 0.732. The Hall–Kier alpha value is -1.97. The van der Waals surface area contributed by atoms with Crippen molar-refractivity contribution in [3.8, 4) is 0 Å². The second-order valence-electron chi connectivity index (χ2n) is 3.46. The summed E-state index contributed by atoms with van der Waals surface area (Å²) in [7, 11) is 1.95. The molecule has 0 bridgehead atoms. The fraction of sp³-hybridized carbons (Fsp3) is 0.182. The Labute approximate surface area is 88.7 Å². The summed E-state index contributed by atoms with van der Waals surface area (Å²) in [6.45, 7) is 0.732. The zero-order valence-electron chi connectivity index (χ0n) is 8.64. The molecular formula is C11H14N4.